The first-order valence-corrected chi connectivity index (χ1v) is 7.11. The average Bonchev–Trinajstić information content (AvgIpc) is 2.98. The number of hydrogen-bond donors (Lipinski definition) is 2. The van der Waals surface area contributed by atoms with Gasteiger partial charge in [-0.2, -0.15) is 0 Å². The SMILES string of the molecule is CCC(NC(=O)c1ccc(OC)cc1O)c1nccs1. The summed E-state index contributed by atoms with van der Waals surface area (Å²) in [6, 6.07) is 4.44. The summed E-state index contributed by atoms with van der Waals surface area (Å²) in [6.07, 6.45) is 2.44. The molecule has 1 heterocycles. The molecule has 0 aliphatic heterocycles. The van der Waals surface area contributed by atoms with Gasteiger partial charge in [0.1, 0.15) is 16.5 Å². The van der Waals surface area contributed by atoms with Crippen molar-refractivity contribution in [1.82, 2.24) is 10.3 Å². The Hall–Kier alpha value is -2.08. The second-order valence-electron chi connectivity index (χ2n) is 4.19. The Morgan fingerprint density at radius 3 is 2.90 bits per heavy atom. The normalized spacial score (nSPS) is 11.9. The van der Waals surface area contributed by atoms with Gasteiger partial charge in [0.05, 0.1) is 18.7 Å². The summed E-state index contributed by atoms with van der Waals surface area (Å²) in [5.74, 6) is 0.0778. The minimum atomic E-state index is -0.327. The zero-order chi connectivity index (χ0) is 14.5. The molecule has 0 spiro atoms. The van der Waals surface area contributed by atoms with Gasteiger partial charge in [0.25, 0.3) is 5.91 Å². The van der Waals surface area contributed by atoms with Gasteiger partial charge in [-0.05, 0) is 18.6 Å². The van der Waals surface area contributed by atoms with Crippen LogP contribution < -0.4 is 10.1 Å². The van der Waals surface area contributed by atoms with Crippen molar-refractivity contribution in [3.63, 3.8) is 0 Å². The molecule has 20 heavy (non-hydrogen) atoms. The van der Waals surface area contributed by atoms with Gasteiger partial charge >= 0.3 is 0 Å². The van der Waals surface area contributed by atoms with E-state index in [4.69, 9.17) is 4.74 Å². The van der Waals surface area contributed by atoms with Crippen LogP contribution in [0.5, 0.6) is 11.5 Å². The highest BCUT2D eigenvalue weighted by atomic mass is 32.1. The van der Waals surface area contributed by atoms with Crippen LogP contribution in [0.1, 0.15) is 34.8 Å². The molecule has 106 valence electrons. The largest absolute Gasteiger partial charge is 0.507 e. The lowest BCUT2D eigenvalue weighted by atomic mass is 10.1. The van der Waals surface area contributed by atoms with Crippen molar-refractivity contribution in [2.45, 2.75) is 19.4 Å². The van der Waals surface area contributed by atoms with E-state index in [2.05, 4.69) is 10.3 Å². The fraction of sp³-hybridized carbons (Fsp3) is 0.286. The molecule has 1 aromatic carbocycles. The Morgan fingerprint density at radius 1 is 1.55 bits per heavy atom. The van der Waals surface area contributed by atoms with Crippen molar-refractivity contribution in [3.8, 4) is 11.5 Å². The van der Waals surface area contributed by atoms with Crippen LogP contribution in [0.3, 0.4) is 0 Å². The first-order chi connectivity index (χ1) is 9.65. The second-order valence-corrected chi connectivity index (χ2v) is 5.11. The summed E-state index contributed by atoms with van der Waals surface area (Å²) in [4.78, 5) is 16.4. The van der Waals surface area contributed by atoms with Crippen molar-refractivity contribution in [3.05, 3.63) is 40.3 Å². The van der Waals surface area contributed by atoms with Gasteiger partial charge in [0, 0.05) is 17.6 Å². The van der Waals surface area contributed by atoms with Gasteiger partial charge < -0.3 is 15.2 Å². The third kappa shape index (κ3) is 3.08. The van der Waals surface area contributed by atoms with E-state index in [0.717, 1.165) is 11.4 Å². The van der Waals surface area contributed by atoms with Crippen LogP contribution >= 0.6 is 11.3 Å². The maximum Gasteiger partial charge on any atom is 0.255 e. The Bertz CT molecular complexity index is 584. The number of thiazole rings is 1. The number of aromatic hydroxyl groups is 1. The Kier molecular flexibility index (Phi) is 4.57. The summed E-state index contributed by atoms with van der Waals surface area (Å²) >= 11 is 1.49. The first kappa shape index (κ1) is 14.3. The molecule has 0 bridgehead atoms. The quantitative estimate of drug-likeness (QED) is 0.889. The number of ether oxygens (including phenoxy) is 1. The molecule has 0 radical (unpaired) electrons. The zero-order valence-electron chi connectivity index (χ0n) is 11.3. The van der Waals surface area contributed by atoms with Gasteiger partial charge in [-0.15, -0.1) is 11.3 Å². The molecular weight excluding hydrogens is 276 g/mol. The standard InChI is InChI=1S/C14H16N2O3S/c1-3-11(14-15-6-7-20-14)16-13(18)10-5-4-9(19-2)8-12(10)17/h4-8,11,17H,3H2,1-2H3,(H,16,18). The lowest BCUT2D eigenvalue weighted by Gasteiger charge is -2.15. The number of benzene rings is 1. The second kappa shape index (κ2) is 6.38. The highest BCUT2D eigenvalue weighted by Crippen LogP contribution is 2.25. The molecular formula is C14H16N2O3S. The molecule has 0 fully saturated rings. The summed E-state index contributed by atoms with van der Waals surface area (Å²) in [5.41, 5.74) is 0.223. The Balaban J connectivity index is 2.15. The fourth-order valence-electron chi connectivity index (χ4n) is 1.81. The van der Waals surface area contributed by atoms with Crippen LogP contribution in [-0.4, -0.2) is 23.1 Å². The van der Waals surface area contributed by atoms with Crippen LogP contribution in [0.15, 0.2) is 29.8 Å². The summed E-state index contributed by atoms with van der Waals surface area (Å²) in [6.45, 7) is 1.97. The number of carbonyl (C=O) groups is 1. The number of phenolic OH excluding ortho intramolecular Hbond substituents is 1. The molecule has 2 N–H and O–H groups in total. The van der Waals surface area contributed by atoms with Gasteiger partial charge in [-0.3, -0.25) is 4.79 Å². The van der Waals surface area contributed by atoms with Crippen LogP contribution in [0, 0.1) is 0 Å². The maximum absolute atomic E-state index is 12.2. The third-order valence-electron chi connectivity index (χ3n) is 2.91. The van der Waals surface area contributed by atoms with Crippen LogP contribution in [0.4, 0.5) is 0 Å². The number of amides is 1. The lowest BCUT2D eigenvalue weighted by molar-refractivity contribution is 0.0933. The van der Waals surface area contributed by atoms with Crippen molar-refractivity contribution in [2.24, 2.45) is 0 Å². The van der Waals surface area contributed by atoms with E-state index in [1.807, 2.05) is 12.3 Å². The molecule has 0 saturated heterocycles. The number of rotatable bonds is 5. The fourth-order valence-corrected chi connectivity index (χ4v) is 2.58. The Labute approximate surface area is 121 Å². The van der Waals surface area contributed by atoms with E-state index in [-0.39, 0.29) is 23.3 Å². The molecule has 1 aromatic heterocycles. The molecule has 1 atom stereocenters. The molecule has 5 nitrogen and oxygen atoms in total. The van der Waals surface area contributed by atoms with Gasteiger partial charge in [-0.25, -0.2) is 4.98 Å². The smallest absolute Gasteiger partial charge is 0.255 e. The lowest BCUT2D eigenvalue weighted by Crippen LogP contribution is -2.28. The van der Waals surface area contributed by atoms with Crippen LogP contribution in [0.2, 0.25) is 0 Å². The van der Waals surface area contributed by atoms with Gasteiger partial charge in [0.15, 0.2) is 0 Å². The molecule has 0 saturated carbocycles. The van der Waals surface area contributed by atoms with E-state index in [1.54, 1.807) is 12.3 Å². The summed E-state index contributed by atoms with van der Waals surface area (Å²) in [7, 11) is 1.50. The van der Waals surface area contributed by atoms with E-state index in [0.29, 0.717) is 5.75 Å². The predicted molar refractivity (Wildman–Crippen MR) is 77.3 cm³/mol. The average molecular weight is 292 g/mol. The van der Waals surface area contributed by atoms with E-state index < -0.39 is 0 Å². The maximum atomic E-state index is 12.2. The van der Waals surface area contributed by atoms with Gasteiger partial charge in [0.2, 0.25) is 0 Å². The number of phenols is 1. The summed E-state index contributed by atoms with van der Waals surface area (Å²) < 4.78 is 4.99. The minimum absolute atomic E-state index is 0.101. The van der Waals surface area contributed by atoms with Crippen molar-refractivity contribution in [2.75, 3.05) is 7.11 Å². The first-order valence-electron chi connectivity index (χ1n) is 6.23. The monoisotopic (exact) mass is 292 g/mol. The molecule has 0 aliphatic carbocycles. The van der Waals surface area contributed by atoms with Crippen LogP contribution in [0.25, 0.3) is 0 Å². The van der Waals surface area contributed by atoms with E-state index in [1.165, 1.54) is 30.6 Å². The predicted octanol–water partition coefficient (Wildman–Crippen LogP) is 2.74. The highest BCUT2D eigenvalue weighted by Gasteiger charge is 2.18. The molecule has 0 aliphatic rings. The number of aromatic nitrogens is 1. The molecule has 2 rings (SSSR count). The number of methoxy groups -OCH3 is 1. The van der Waals surface area contributed by atoms with Crippen LogP contribution in [-0.2, 0) is 0 Å². The zero-order valence-corrected chi connectivity index (χ0v) is 12.1. The number of carbonyl (C=O) groups excluding carboxylic acids is 1. The molecule has 2 aromatic rings. The van der Waals surface area contributed by atoms with E-state index in [9.17, 15) is 9.90 Å². The van der Waals surface area contributed by atoms with Gasteiger partial charge in [-0.1, -0.05) is 6.92 Å². The highest BCUT2D eigenvalue weighted by molar-refractivity contribution is 7.09. The van der Waals surface area contributed by atoms with Crippen molar-refractivity contribution < 1.29 is 14.6 Å². The Morgan fingerprint density at radius 2 is 2.35 bits per heavy atom. The third-order valence-corrected chi connectivity index (χ3v) is 3.80. The molecule has 1 amide bonds. The number of hydrogen-bond acceptors (Lipinski definition) is 5. The minimum Gasteiger partial charge on any atom is -0.507 e. The van der Waals surface area contributed by atoms with Crippen molar-refractivity contribution in [1.29, 1.82) is 0 Å². The molecule has 1 unspecified atom stereocenters. The van der Waals surface area contributed by atoms with E-state index >= 15 is 0 Å². The topological polar surface area (TPSA) is 71.5 Å². The summed E-state index contributed by atoms with van der Waals surface area (Å²) in [5, 5.41) is 15.5. The van der Waals surface area contributed by atoms with Crippen molar-refractivity contribution >= 4 is 17.2 Å². The number of nitrogens with one attached hydrogen (secondary N) is 1. The molecule has 6 heteroatoms. The number of nitrogens with zero attached hydrogens (tertiary/aromatic N) is 1.